The zero-order valence-corrected chi connectivity index (χ0v) is 25.2. The van der Waals surface area contributed by atoms with Crippen LogP contribution in [0.5, 0.6) is 5.75 Å². The van der Waals surface area contributed by atoms with Gasteiger partial charge in [0, 0.05) is 49.8 Å². The summed E-state index contributed by atoms with van der Waals surface area (Å²) < 4.78 is 41.7. The van der Waals surface area contributed by atoms with Gasteiger partial charge in [-0.2, -0.15) is 12.7 Å². The van der Waals surface area contributed by atoms with Gasteiger partial charge in [0.2, 0.25) is 0 Å². The first-order valence-electron chi connectivity index (χ1n) is 14.5. The predicted octanol–water partition coefficient (Wildman–Crippen LogP) is 4.72. The molecule has 0 radical (unpaired) electrons. The first-order valence-corrected chi connectivity index (χ1v) is 16.3. The van der Waals surface area contributed by atoms with E-state index >= 15 is 0 Å². The van der Waals surface area contributed by atoms with E-state index in [1.807, 2.05) is 12.1 Å². The van der Waals surface area contributed by atoms with Gasteiger partial charge in [-0.05, 0) is 91.8 Å². The Hall–Kier alpha value is -2.59. The number of nitrogens with zero attached hydrogens (tertiary/aromatic N) is 2. The standard InChI is InChI=1S/C31H38ClN3O5S/c1-34-15-4-3-7-28(39-2)25-11-8-23(25)18-35-19-31(14-5-6-21-16-24(32)10-12-26(21)31)20-40-29-13-9-22(17-27(29)35)30(36)33-41(34,37)38/h3,7,9-10,12-13,16-17,23,25,28H,4-6,8,11,14-15,18-20H2,1-2H3,(H,33,36)/b7-3+/t23-,25+,28-,31-/m0/s1. The number of anilines is 1. The van der Waals surface area contributed by atoms with Crippen molar-refractivity contribution >= 4 is 33.4 Å². The second kappa shape index (κ2) is 11.2. The van der Waals surface area contributed by atoms with Crippen LogP contribution in [0.4, 0.5) is 5.69 Å². The third kappa shape index (κ3) is 5.49. The van der Waals surface area contributed by atoms with Gasteiger partial charge >= 0.3 is 10.2 Å². The third-order valence-corrected chi connectivity index (χ3v) is 11.2. The molecule has 6 rings (SSSR count). The minimum Gasteiger partial charge on any atom is -0.490 e. The molecule has 0 saturated heterocycles. The van der Waals surface area contributed by atoms with Crippen LogP contribution < -0.4 is 14.4 Å². The van der Waals surface area contributed by atoms with Crippen molar-refractivity contribution < 1.29 is 22.7 Å². The Morgan fingerprint density at radius 2 is 2.02 bits per heavy atom. The Morgan fingerprint density at radius 1 is 1.17 bits per heavy atom. The molecule has 8 nitrogen and oxygen atoms in total. The molecule has 41 heavy (non-hydrogen) atoms. The number of carbonyl (C=O) groups excluding carboxylic acids is 1. The molecule has 10 heteroatoms. The van der Waals surface area contributed by atoms with Crippen molar-refractivity contribution in [2.75, 3.05) is 45.3 Å². The van der Waals surface area contributed by atoms with Crippen molar-refractivity contribution in [2.45, 2.75) is 50.0 Å². The minimum atomic E-state index is -4.00. The number of amides is 1. The van der Waals surface area contributed by atoms with Crippen LogP contribution in [0.15, 0.2) is 48.6 Å². The van der Waals surface area contributed by atoms with Crippen LogP contribution >= 0.6 is 11.6 Å². The number of hydrogen-bond donors (Lipinski definition) is 1. The molecule has 1 fully saturated rings. The first-order chi connectivity index (χ1) is 19.7. The molecule has 1 amide bonds. The summed E-state index contributed by atoms with van der Waals surface area (Å²) in [6, 6.07) is 11.5. The maximum atomic E-state index is 13.2. The predicted molar refractivity (Wildman–Crippen MR) is 160 cm³/mol. The van der Waals surface area contributed by atoms with Gasteiger partial charge in [-0.3, -0.25) is 4.79 Å². The third-order valence-electron chi connectivity index (χ3n) is 9.49. The molecule has 4 atom stereocenters. The second-order valence-corrected chi connectivity index (χ2v) is 14.2. The molecule has 2 aromatic carbocycles. The summed E-state index contributed by atoms with van der Waals surface area (Å²) in [5.74, 6) is 0.826. The summed E-state index contributed by atoms with van der Waals surface area (Å²) in [4.78, 5) is 15.6. The molecule has 2 heterocycles. The molecular formula is C31H38ClN3O5S. The highest BCUT2D eigenvalue weighted by atomic mass is 35.5. The fraction of sp³-hybridized carbons (Fsp3) is 0.516. The van der Waals surface area contributed by atoms with Crippen LogP contribution in [0.2, 0.25) is 5.02 Å². The lowest BCUT2D eigenvalue weighted by Crippen LogP contribution is -2.49. The van der Waals surface area contributed by atoms with Gasteiger partial charge in [0.1, 0.15) is 5.75 Å². The van der Waals surface area contributed by atoms with Gasteiger partial charge in [-0.1, -0.05) is 29.8 Å². The maximum absolute atomic E-state index is 13.2. The van der Waals surface area contributed by atoms with Crippen LogP contribution in [-0.4, -0.2) is 65.1 Å². The number of rotatable bonds is 1. The highest BCUT2D eigenvalue weighted by Gasteiger charge is 2.44. The van der Waals surface area contributed by atoms with Gasteiger partial charge in [0.05, 0.1) is 18.4 Å². The van der Waals surface area contributed by atoms with Crippen molar-refractivity contribution in [3.63, 3.8) is 0 Å². The lowest BCUT2D eigenvalue weighted by atomic mass is 9.68. The SMILES string of the molecule is CO[C@H]1/C=C/CCN(C)S(=O)(=O)NC(=O)c2ccc3c(c2)N(C[C@@H]2CC[C@H]21)C[C@@]1(CCCc2cc(Cl)ccc21)CO3. The molecule has 2 bridgehead atoms. The molecule has 2 aliphatic carbocycles. The molecule has 4 aliphatic rings. The van der Waals surface area contributed by atoms with Crippen molar-refractivity contribution in [3.8, 4) is 5.75 Å². The van der Waals surface area contributed by atoms with Crippen molar-refractivity contribution in [3.05, 3.63) is 70.3 Å². The van der Waals surface area contributed by atoms with E-state index in [0.717, 1.165) is 55.9 Å². The fourth-order valence-corrected chi connectivity index (χ4v) is 8.10. The van der Waals surface area contributed by atoms with Gasteiger partial charge in [0.15, 0.2) is 0 Å². The van der Waals surface area contributed by atoms with E-state index in [2.05, 4.69) is 27.8 Å². The number of aryl methyl sites for hydroxylation is 1. The second-order valence-electron chi connectivity index (χ2n) is 12.0. The van der Waals surface area contributed by atoms with E-state index in [1.54, 1.807) is 25.3 Å². The summed E-state index contributed by atoms with van der Waals surface area (Å²) in [5, 5.41) is 0.746. The van der Waals surface area contributed by atoms with Crippen LogP contribution in [0, 0.1) is 11.8 Å². The van der Waals surface area contributed by atoms with Crippen molar-refractivity contribution in [2.24, 2.45) is 11.8 Å². The molecule has 0 aromatic heterocycles. The molecular weight excluding hydrogens is 562 g/mol. The quantitative estimate of drug-likeness (QED) is 0.477. The van der Waals surface area contributed by atoms with Crippen molar-refractivity contribution in [1.29, 1.82) is 0 Å². The molecule has 1 spiro atoms. The molecule has 1 N–H and O–H groups in total. The monoisotopic (exact) mass is 599 g/mol. The average Bonchev–Trinajstić information content (AvgIpc) is 3.08. The summed E-state index contributed by atoms with van der Waals surface area (Å²) in [6.07, 6.45) is 9.75. The Kier molecular flexibility index (Phi) is 7.82. The highest BCUT2D eigenvalue weighted by molar-refractivity contribution is 7.87. The van der Waals surface area contributed by atoms with Crippen LogP contribution in [0.25, 0.3) is 0 Å². The average molecular weight is 600 g/mol. The molecule has 1 saturated carbocycles. The van der Waals surface area contributed by atoms with Crippen molar-refractivity contribution in [1.82, 2.24) is 9.03 Å². The number of methoxy groups -OCH3 is 1. The summed E-state index contributed by atoms with van der Waals surface area (Å²) in [5.41, 5.74) is 3.43. The van der Waals surface area contributed by atoms with E-state index in [1.165, 1.54) is 22.5 Å². The lowest BCUT2D eigenvalue weighted by molar-refractivity contribution is 0.0131. The first kappa shape index (κ1) is 28.5. The van der Waals surface area contributed by atoms with Crippen LogP contribution in [0.1, 0.15) is 53.6 Å². The maximum Gasteiger partial charge on any atom is 0.303 e. The Morgan fingerprint density at radius 3 is 2.80 bits per heavy atom. The zero-order chi connectivity index (χ0) is 28.8. The minimum absolute atomic E-state index is 0.0381. The Bertz CT molecular complexity index is 1460. The number of hydrogen-bond acceptors (Lipinski definition) is 6. The lowest BCUT2D eigenvalue weighted by Gasteiger charge is -2.46. The van der Waals surface area contributed by atoms with E-state index in [0.29, 0.717) is 30.6 Å². The van der Waals surface area contributed by atoms with Gasteiger partial charge in [-0.25, -0.2) is 4.72 Å². The zero-order valence-electron chi connectivity index (χ0n) is 23.6. The number of halogens is 1. The van der Waals surface area contributed by atoms with Crippen LogP contribution in [-0.2, 0) is 26.8 Å². The number of ether oxygens (including phenoxy) is 2. The Balaban J connectivity index is 1.43. The Labute approximate surface area is 247 Å². The van der Waals surface area contributed by atoms with Gasteiger partial charge in [-0.15, -0.1) is 0 Å². The number of carbonyl (C=O) groups is 1. The van der Waals surface area contributed by atoms with Gasteiger partial charge in [0.25, 0.3) is 5.91 Å². The summed E-state index contributed by atoms with van der Waals surface area (Å²) in [7, 11) is -0.781. The van der Waals surface area contributed by atoms with Crippen LogP contribution in [0.3, 0.4) is 0 Å². The molecule has 2 aliphatic heterocycles. The van der Waals surface area contributed by atoms with E-state index in [4.69, 9.17) is 21.1 Å². The topological polar surface area (TPSA) is 88.2 Å². The number of nitrogens with one attached hydrogen (secondary N) is 1. The van der Waals surface area contributed by atoms with E-state index in [-0.39, 0.29) is 23.6 Å². The molecule has 220 valence electrons. The molecule has 2 aromatic rings. The highest BCUT2D eigenvalue weighted by Crippen LogP contribution is 2.47. The normalized spacial score (nSPS) is 30.7. The number of fused-ring (bicyclic) bond motifs is 4. The fourth-order valence-electron chi connectivity index (χ4n) is 7.05. The smallest absolute Gasteiger partial charge is 0.303 e. The summed E-state index contributed by atoms with van der Waals surface area (Å²) in [6.45, 7) is 2.31. The largest absolute Gasteiger partial charge is 0.490 e. The van der Waals surface area contributed by atoms with E-state index in [9.17, 15) is 13.2 Å². The number of benzene rings is 2. The molecule has 0 unspecified atom stereocenters. The van der Waals surface area contributed by atoms with Gasteiger partial charge < -0.3 is 14.4 Å². The van der Waals surface area contributed by atoms with E-state index < -0.39 is 16.1 Å². The summed E-state index contributed by atoms with van der Waals surface area (Å²) >= 11 is 6.39.